The van der Waals surface area contributed by atoms with E-state index in [1.165, 1.54) is 24.0 Å². The van der Waals surface area contributed by atoms with Crippen molar-refractivity contribution >= 4 is 17.4 Å². The molecule has 0 aliphatic heterocycles. The quantitative estimate of drug-likeness (QED) is 0.727. The van der Waals surface area contributed by atoms with Crippen LogP contribution in [0.4, 0.5) is 0 Å². The molecular formula is C18H17ClO. The van der Waals surface area contributed by atoms with E-state index in [4.69, 9.17) is 11.6 Å². The van der Waals surface area contributed by atoms with Gasteiger partial charge >= 0.3 is 0 Å². The van der Waals surface area contributed by atoms with Crippen molar-refractivity contribution in [3.05, 3.63) is 69.2 Å². The molecule has 102 valence electrons. The topological polar surface area (TPSA) is 17.1 Å². The Hall–Kier alpha value is -1.60. The number of hydrogen-bond donors (Lipinski definition) is 0. The molecule has 0 amide bonds. The van der Waals surface area contributed by atoms with E-state index < -0.39 is 0 Å². The molecule has 2 aromatic carbocycles. The Kier molecular flexibility index (Phi) is 3.62. The minimum Gasteiger partial charge on any atom is -0.289 e. The maximum Gasteiger partial charge on any atom is 0.193 e. The van der Waals surface area contributed by atoms with Crippen molar-refractivity contribution in [3.63, 3.8) is 0 Å². The van der Waals surface area contributed by atoms with Crippen LogP contribution in [0, 0.1) is 6.92 Å². The van der Waals surface area contributed by atoms with Gasteiger partial charge < -0.3 is 0 Å². The summed E-state index contributed by atoms with van der Waals surface area (Å²) in [5.74, 6) is 0.0903. The standard InChI is InChI=1S/C18H17ClO/c1-12-10-16(19)8-9-17(12)18(20)15-7-6-13-4-2-3-5-14(13)11-15/h6-11H,2-5H2,1H3. The highest BCUT2D eigenvalue weighted by Crippen LogP contribution is 2.24. The van der Waals surface area contributed by atoms with E-state index in [0.29, 0.717) is 5.02 Å². The zero-order valence-corrected chi connectivity index (χ0v) is 12.3. The first-order chi connectivity index (χ1) is 9.65. The van der Waals surface area contributed by atoms with Crippen molar-refractivity contribution in [2.24, 2.45) is 0 Å². The second-order valence-corrected chi connectivity index (χ2v) is 5.92. The van der Waals surface area contributed by atoms with Crippen molar-refractivity contribution in [3.8, 4) is 0 Å². The van der Waals surface area contributed by atoms with E-state index >= 15 is 0 Å². The lowest BCUT2D eigenvalue weighted by Gasteiger charge is -2.16. The average molecular weight is 285 g/mol. The first kappa shape index (κ1) is 13.4. The van der Waals surface area contributed by atoms with Crippen LogP contribution in [0.3, 0.4) is 0 Å². The minimum atomic E-state index is 0.0903. The third-order valence-corrected chi connectivity index (χ3v) is 4.28. The van der Waals surface area contributed by atoms with Gasteiger partial charge in [-0.25, -0.2) is 0 Å². The van der Waals surface area contributed by atoms with Gasteiger partial charge in [0.1, 0.15) is 0 Å². The summed E-state index contributed by atoms with van der Waals surface area (Å²) in [6.45, 7) is 1.93. The second kappa shape index (κ2) is 5.41. The Balaban J connectivity index is 1.98. The molecule has 0 N–H and O–H groups in total. The van der Waals surface area contributed by atoms with Crippen molar-refractivity contribution in [1.82, 2.24) is 0 Å². The maximum atomic E-state index is 12.6. The summed E-state index contributed by atoms with van der Waals surface area (Å²) < 4.78 is 0. The van der Waals surface area contributed by atoms with Gasteiger partial charge in [0, 0.05) is 16.1 Å². The molecule has 1 nitrogen and oxygen atoms in total. The number of ketones is 1. The fourth-order valence-corrected chi connectivity index (χ4v) is 3.14. The van der Waals surface area contributed by atoms with Crippen LogP contribution in [0.15, 0.2) is 36.4 Å². The fourth-order valence-electron chi connectivity index (χ4n) is 2.91. The van der Waals surface area contributed by atoms with Crippen molar-refractivity contribution in [1.29, 1.82) is 0 Å². The van der Waals surface area contributed by atoms with Gasteiger partial charge in [-0.05, 0) is 73.6 Å². The Morgan fingerprint density at radius 3 is 2.50 bits per heavy atom. The Labute approximate surface area is 124 Å². The van der Waals surface area contributed by atoms with Gasteiger partial charge in [-0.15, -0.1) is 0 Å². The lowest BCUT2D eigenvalue weighted by atomic mass is 9.88. The maximum absolute atomic E-state index is 12.6. The summed E-state index contributed by atoms with van der Waals surface area (Å²) in [7, 11) is 0. The lowest BCUT2D eigenvalue weighted by Crippen LogP contribution is -2.08. The summed E-state index contributed by atoms with van der Waals surface area (Å²) in [6.07, 6.45) is 4.72. The van der Waals surface area contributed by atoms with E-state index in [9.17, 15) is 4.79 Å². The molecule has 0 fully saturated rings. The number of fused-ring (bicyclic) bond motifs is 1. The number of halogens is 1. The smallest absolute Gasteiger partial charge is 0.193 e. The highest BCUT2D eigenvalue weighted by Gasteiger charge is 2.15. The van der Waals surface area contributed by atoms with Gasteiger partial charge in [-0.3, -0.25) is 4.79 Å². The molecule has 1 aliphatic carbocycles. The molecular weight excluding hydrogens is 268 g/mol. The summed E-state index contributed by atoms with van der Waals surface area (Å²) in [4.78, 5) is 12.6. The summed E-state index contributed by atoms with van der Waals surface area (Å²) in [5.41, 5.74) is 5.20. The van der Waals surface area contributed by atoms with Crippen LogP contribution < -0.4 is 0 Å². The molecule has 0 heterocycles. The first-order valence-corrected chi connectivity index (χ1v) is 7.45. The molecule has 2 aromatic rings. The normalized spacial score (nSPS) is 13.9. The van der Waals surface area contributed by atoms with Crippen LogP contribution in [0.5, 0.6) is 0 Å². The Morgan fingerprint density at radius 1 is 1.00 bits per heavy atom. The van der Waals surface area contributed by atoms with Gasteiger partial charge in [0.05, 0.1) is 0 Å². The highest BCUT2D eigenvalue weighted by atomic mass is 35.5. The zero-order valence-electron chi connectivity index (χ0n) is 11.6. The van der Waals surface area contributed by atoms with Crippen LogP contribution >= 0.6 is 11.6 Å². The fraction of sp³-hybridized carbons (Fsp3) is 0.278. The number of benzene rings is 2. The third-order valence-electron chi connectivity index (χ3n) is 4.04. The second-order valence-electron chi connectivity index (χ2n) is 5.48. The van der Waals surface area contributed by atoms with Crippen LogP contribution in [0.25, 0.3) is 0 Å². The molecule has 0 atom stereocenters. The number of aryl methyl sites for hydroxylation is 3. The summed E-state index contributed by atoms with van der Waals surface area (Å²) >= 11 is 5.95. The molecule has 2 heteroatoms. The Bertz CT molecular complexity index is 673. The highest BCUT2D eigenvalue weighted by molar-refractivity contribution is 6.30. The van der Waals surface area contributed by atoms with Crippen molar-refractivity contribution in [2.75, 3.05) is 0 Å². The van der Waals surface area contributed by atoms with Gasteiger partial charge in [0.25, 0.3) is 0 Å². The van der Waals surface area contributed by atoms with Crippen LogP contribution in [-0.4, -0.2) is 5.78 Å². The molecule has 1 aliphatic rings. The molecule has 20 heavy (non-hydrogen) atoms. The van der Waals surface area contributed by atoms with Crippen molar-refractivity contribution < 1.29 is 4.79 Å². The van der Waals surface area contributed by atoms with Gasteiger partial charge in [-0.1, -0.05) is 23.7 Å². The van der Waals surface area contributed by atoms with Crippen LogP contribution in [0.1, 0.15) is 45.5 Å². The number of carbonyl (C=O) groups excluding carboxylic acids is 1. The predicted octanol–water partition coefficient (Wildman–Crippen LogP) is 4.76. The molecule has 0 spiro atoms. The average Bonchev–Trinajstić information content (AvgIpc) is 2.46. The van der Waals surface area contributed by atoms with E-state index in [-0.39, 0.29) is 5.78 Å². The summed E-state index contributed by atoms with van der Waals surface area (Å²) in [6, 6.07) is 11.6. The Morgan fingerprint density at radius 2 is 1.75 bits per heavy atom. The number of hydrogen-bond acceptors (Lipinski definition) is 1. The third kappa shape index (κ3) is 2.51. The molecule has 0 aromatic heterocycles. The SMILES string of the molecule is Cc1cc(Cl)ccc1C(=O)c1ccc2c(c1)CCCC2. The van der Waals surface area contributed by atoms with Gasteiger partial charge in [-0.2, -0.15) is 0 Å². The van der Waals surface area contributed by atoms with Crippen LogP contribution in [-0.2, 0) is 12.8 Å². The van der Waals surface area contributed by atoms with Crippen LogP contribution in [0.2, 0.25) is 5.02 Å². The van der Waals surface area contributed by atoms with Crippen molar-refractivity contribution in [2.45, 2.75) is 32.6 Å². The first-order valence-electron chi connectivity index (χ1n) is 7.08. The monoisotopic (exact) mass is 284 g/mol. The van der Waals surface area contributed by atoms with E-state index in [2.05, 4.69) is 12.1 Å². The minimum absolute atomic E-state index is 0.0903. The van der Waals surface area contributed by atoms with Gasteiger partial charge in [0.2, 0.25) is 0 Å². The molecule has 0 saturated heterocycles. The van der Waals surface area contributed by atoms with E-state index in [1.807, 2.05) is 25.1 Å². The van der Waals surface area contributed by atoms with E-state index in [1.54, 1.807) is 6.07 Å². The molecule has 0 unspecified atom stereocenters. The molecule has 0 radical (unpaired) electrons. The number of carbonyl (C=O) groups is 1. The van der Waals surface area contributed by atoms with E-state index in [0.717, 1.165) is 29.5 Å². The zero-order chi connectivity index (χ0) is 14.1. The molecule has 0 bridgehead atoms. The lowest BCUT2D eigenvalue weighted by molar-refractivity contribution is 0.103. The molecule has 3 rings (SSSR count). The molecule has 0 saturated carbocycles. The largest absolute Gasteiger partial charge is 0.289 e. The summed E-state index contributed by atoms with van der Waals surface area (Å²) in [5, 5.41) is 0.671. The number of rotatable bonds is 2. The predicted molar refractivity (Wildman–Crippen MR) is 82.7 cm³/mol. The van der Waals surface area contributed by atoms with Gasteiger partial charge in [0.15, 0.2) is 5.78 Å².